The number of carbonyl (C=O) groups excluding carboxylic acids is 2. The van der Waals surface area contributed by atoms with Crippen molar-refractivity contribution in [3.8, 4) is 0 Å². The summed E-state index contributed by atoms with van der Waals surface area (Å²) < 4.78 is 6.54. The second kappa shape index (κ2) is 8.29. The van der Waals surface area contributed by atoms with Crippen LogP contribution in [-0.4, -0.2) is 40.0 Å². The number of nitrogens with zero attached hydrogens (tertiary/aromatic N) is 3. The van der Waals surface area contributed by atoms with Crippen LogP contribution >= 0.6 is 0 Å². The fourth-order valence-corrected chi connectivity index (χ4v) is 2.53. The molecular formula is C18H23N3O3. The van der Waals surface area contributed by atoms with Crippen molar-refractivity contribution >= 4 is 11.9 Å². The van der Waals surface area contributed by atoms with Crippen molar-refractivity contribution < 1.29 is 14.3 Å². The monoisotopic (exact) mass is 329 g/mol. The number of hydrogen-bond donors (Lipinski definition) is 0. The summed E-state index contributed by atoms with van der Waals surface area (Å²) in [6, 6.07) is 9.33. The van der Waals surface area contributed by atoms with E-state index in [1.54, 1.807) is 35.1 Å². The van der Waals surface area contributed by atoms with Crippen molar-refractivity contribution in [3.05, 3.63) is 54.6 Å². The normalized spacial score (nSPS) is 13.1. The van der Waals surface area contributed by atoms with E-state index in [0.717, 1.165) is 5.56 Å². The van der Waals surface area contributed by atoms with E-state index in [0.29, 0.717) is 13.1 Å². The summed E-state index contributed by atoms with van der Waals surface area (Å²) in [6.07, 6.45) is 5.02. The van der Waals surface area contributed by atoms with E-state index < -0.39 is 5.92 Å². The number of ether oxygens (including phenoxy) is 1. The topological polar surface area (TPSA) is 64.4 Å². The molecule has 0 spiro atoms. The van der Waals surface area contributed by atoms with Gasteiger partial charge in [-0.3, -0.25) is 9.59 Å². The first-order chi connectivity index (χ1) is 11.5. The van der Waals surface area contributed by atoms with Gasteiger partial charge in [0.25, 0.3) is 0 Å². The van der Waals surface area contributed by atoms with Crippen LogP contribution in [0.25, 0.3) is 0 Å². The first-order valence-electron chi connectivity index (χ1n) is 7.91. The molecule has 6 heteroatoms. The van der Waals surface area contributed by atoms with Crippen LogP contribution in [0.5, 0.6) is 0 Å². The lowest BCUT2D eigenvalue weighted by Gasteiger charge is -2.28. The maximum absolute atomic E-state index is 12.9. The smallest absolute Gasteiger partial charge is 0.310 e. The second-order valence-electron chi connectivity index (χ2n) is 5.81. The molecule has 1 amide bonds. The van der Waals surface area contributed by atoms with Gasteiger partial charge in [0.15, 0.2) is 0 Å². The molecule has 128 valence electrons. The van der Waals surface area contributed by atoms with Crippen LogP contribution in [0, 0.1) is 5.92 Å². The Kier molecular flexibility index (Phi) is 6.12. The van der Waals surface area contributed by atoms with Crippen molar-refractivity contribution in [2.24, 2.45) is 5.92 Å². The zero-order valence-electron chi connectivity index (χ0n) is 14.3. The van der Waals surface area contributed by atoms with E-state index in [1.807, 2.05) is 37.3 Å². The zero-order valence-corrected chi connectivity index (χ0v) is 14.3. The first kappa shape index (κ1) is 17.7. The van der Waals surface area contributed by atoms with E-state index in [9.17, 15) is 9.59 Å². The number of aromatic nitrogens is 2. The fraction of sp³-hybridized carbons (Fsp3) is 0.389. The van der Waals surface area contributed by atoms with Crippen LogP contribution in [-0.2, 0) is 20.9 Å². The van der Waals surface area contributed by atoms with Gasteiger partial charge in [-0.15, -0.1) is 0 Å². The Bertz CT molecular complexity index is 655. The number of benzene rings is 1. The summed E-state index contributed by atoms with van der Waals surface area (Å²) in [4.78, 5) is 30.3. The lowest BCUT2D eigenvalue weighted by Crippen LogP contribution is -2.40. The zero-order chi connectivity index (χ0) is 17.5. The Morgan fingerprint density at radius 1 is 1.25 bits per heavy atom. The van der Waals surface area contributed by atoms with Gasteiger partial charge in [-0.2, -0.15) is 0 Å². The number of esters is 1. The molecule has 24 heavy (non-hydrogen) atoms. The van der Waals surface area contributed by atoms with E-state index in [-0.39, 0.29) is 17.9 Å². The molecule has 0 saturated carbocycles. The van der Waals surface area contributed by atoms with Crippen LogP contribution in [0.15, 0.2) is 49.1 Å². The van der Waals surface area contributed by atoms with Crippen molar-refractivity contribution in [1.29, 1.82) is 0 Å². The Hall–Kier alpha value is -2.63. The third-order valence-electron chi connectivity index (χ3n) is 3.96. The summed E-state index contributed by atoms with van der Waals surface area (Å²) in [5.74, 6) is -0.776. The predicted molar refractivity (Wildman–Crippen MR) is 90.0 cm³/mol. The van der Waals surface area contributed by atoms with Gasteiger partial charge in [0.1, 0.15) is 6.04 Å². The Morgan fingerprint density at radius 3 is 2.54 bits per heavy atom. The molecule has 1 aromatic carbocycles. The van der Waals surface area contributed by atoms with Crippen LogP contribution in [0.2, 0.25) is 0 Å². The van der Waals surface area contributed by atoms with Crippen LogP contribution in [0.1, 0.15) is 25.5 Å². The van der Waals surface area contributed by atoms with E-state index in [4.69, 9.17) is 4.74 Å². The number of amides is 1. The molecule has 0 aliphatic heterocycles. The van der Waals surface area contributed by atoms with Crippen molar-refractivity contribution in [1.82, 2.24) is 14.5 Å². The average Bonchev–Trinajstić information content (AvgIpc) is 3.14. The Balaban J connectivity index is 2.17. The third-order valence-corrected chi connectivity index (χ3v) is 3.96. The molecule has 0 fully saturated rings. The molecule has 6 nitrogen and oxygen atoms in total. The third kappa shape index (κ3) is 4.44. The number of imidazole rings is 1. The molecule has 0 radical (unpaired) electrons. The quantitative estimate of drug-likeness (QED) is 0.731. The van der Waals surface area contributed by atoms with Crippen LogP contribution < -0.4 is 0 Å². The van der Waals surface area contributed by atoms with Gasteiger partial charge in [-0.1, -0.05) is 37.3 Å². The summed E-state index contributed by atoms with van der Waals surface area (Å²) in [5, 5.41) is 0. The molecule has 1 aromatic heterocycles. The predicted octanol–water partition coefficient (Wildman–Crippen LogP) is 2.28. The standard InChI is InChI=1S/C18H23N3O3/c1-14(18(23)24-3)11-21(12-16-7-5-4-6-8-16)17(22)15(2)20-10-9-19-13-20/h4-10,13-15H,11-12H2,1-3H3/t14-,15+/m1/s1. The highest BCUT2D eigenvalue weighted by Crippen LogP contribution is 2.15. The summed E-state index contributed by atoms with van der Waals surface area (Å²) in [6.45, 7) is 4.34. The number of hydrogen-bond acceptors (Lipinski definition) is 4. The molecule has 0 aliphatic rings. The SMILES string of the molecule is COC(=O)[C@H](C)CN(Cc1ccccc1)C(=O)[C@H](C)n1ccnc1. The van der Waals surface area contributed by atoms with Gasteiger partial charge in [-0.05, 0) is 12.5 Å². The van der Waals surface area contributed by atoms with Crippen LogP contribution in [0.4, 0.5) is 0 Å². The fourth-order valence-electron chi connectivity index (χ4n) is 2.53. The molecule has 0 bridgehead atoms. The second-order valence-corrected chi connectivity index (χ2v) is 5.81. The minimum atomic E-state index is -0.391. The van der Waals surface area contributed by atoms with Gasteiger partial charge in [0.05, 0.1) is 19.4 Å². The molecular weight excluding hydrogens is 306 g/mol. The summed E-state index contributed by atoms with van der Waals surface area (Å²) in [7, 11) is 1.36. The summed E-state index contributed by atoms with van der Waals surface area (Å²) >= 11 is 0. The Labute approximate surface area is 142 Å². The maximum atomic E-state index is 12.9. The average molecular weight is 329 g/mol. The highest BCUT2D eigenvalue weighted by molar-refractivity contribution is 5.81. The molecule has 0 N–H and O–H groups in total. The highest BCUT2D eigenvalue weighted by atomic mass is 16.5. The molecule has 2 atom stereocenters. The van der Waals surface area contributed by atoms with E-state index in [1.165, 1.54) is 7.11 Å². The van der Waals surface area contributed by atoms with Gasteiger partial charge in [0, 0.05) is 25.5 Å². The maximum Gasteiger partial charge on any atom is 0.310 e. The molecule has 0 unspecified atom stereocenters. The number of rotatable bonds is 7. The number of carbonyl (C=O) groups is 2. The highest BCUT2D eigenvalue weighted by Gasteiger charge is 2.26. The molecule has 2 aromatic rings. The lowest BCUT2D eigenvalue weighted by atomic mass is 10.1. The van der Waals surface area contributed by atoms with Crippen LogP contribution in [0.3, 0.4) is 0 Å². The summed E-state index contributed by atoms with van der Waals surface area (Å²) in [5.41, 5.74) is 1.01. The molecule has 0 aliphatic carbocycles. The van der Waals surface area contributed by atoms with E-state index in [2.05, 4.69) is 4.98 Å². The van der Waals surface area contributed by atoms with Gasteiger partial charge >= 0.3 is 5.97 Å². The van der Waals surface area contributed by atoms with Gasteiger partial charge in [-0.25, -0.2) is 4.98 Å². The molecule has 1 heterocycles. The van der Waals surface area contributed by atoms with Crippen molar-refractivity contribution in [3.63, 3.8) is 0 Å². The van der Waals surface area contributed by atoms with Gasteiger partial charge in [0.2, 0.25) is 5.91 Å². The lowest BCUT2D eigenvalue weighted by molar-refractivity contribution is -0.147. The van der Waals surface area contributed by atoms with Gasteiger partial charge < -0.3 is 14.2 Å². The Morgan fingerprint density at radius 2 is 1.96 bits per heavy atom. The minimum absolute atomic E-state index is 0.0624. The first-order valence-corrected chi connectivity index (χ1v) is 7.91. The van der Waals surface area contributed by atoms with Crippen molar-refractivity contribution in [2.75, 3.05) is 13.7 Å². The molecule has 2 rings (SSSR count). The number of methoxy groups -OCH3 is 1. The molecule has 0 saturated heterocycles. The van der Waals surface area contributed by atoms with Crippen molar-refractivity contribution in [2.45, 2.75) is 26.4 Å². The largest absolute Gasteiger partial charge is 0.469 e. The van der Waals surface area contributed by atoms with E-state index >= 15 is 0 Å². The minimum Gasteiger partial charge on any atom is -0.469 e.